The lowest BCUT2D eigenvalue weighted by Crippen LogP contribution is -2.28. The highest BCUT2D eigenvalue weighted by atomic mass is 19.1. The Morgan fingerprint density at radius 1 is 1.18 bits per heavy atom. The fraction of sp³-hybridized carbons (Fsp3) is 0.517. The van der Waals surface area contributed by atoms with E-state index in [1.165, 1.54) is 12.5 Å². The van der Waals surface area contributed by atoms with Crippen LogP contribution in [0.4, 0.5) is 4.39 Å². The van der Waals surface area contributed by atoms with Crippen LogP contribution in [0.1, 0.15) is 63.4 Å². The number of ether oxygens (including phenoxy) is 1. The van der Waals surface area contributed by atoms with Crippen LogP contribution in [0, 0.1) is 19.7 Å². The van der Waals surface area contributed by atoms with E-state index >= 15 is 0 Å². The topological polar surface area (TPSA) is 95.8 Å². The Morgan fingerprint density at radius 2 is 1.76 bits per heavy atom. The molecule has 1 aromatic heterocycles. The van der Waals surface area contributed by atoms with Crippen molar-refractivity contribution in [2.24, 2.45) is 0 Å². The highest BCUT2D eigenvalue weighted by molar-refractivity contribution is 5.64. The van der Waals surface area contributed by atoms with Crippen molar-refractivity contribution in [2.45, 2.75) is 68.0 Å². The maximum absolute atomic E-state index is 14.0. The molecule has 2 rings (SSSR count). The number of nitrogens with one attached hydrogen (secondary N) is 2. The van der Waals surface area contributed by atoms with E-state index in [0.717, 1.165) is 12.0 Å². The molecule has 8 nitrogen and oxygen atoms in total. The number of halogens is 1. The van der Waals surface area contributed by atoms with Gasteiger partial charge < -0.3 is 29.9 Å². The number of benzene rings is 1. The Kier molecular flexibility index (Phi) is 21.1. The number of carbonyl (C=O) groups excluding carboxylic acids is 1. The highest BCUT2D eigenvalue weighted by Gasteiger charge is 2.15. The minimum absolute atomic E-state index is 0.244. The first-order chi connectivity index (χ1) is 18.1. The molecular weight excluding hydrogens is 487 g/mol. The third-order valence-corrected chi connectivity index (χ3v) is 5.01. The van der Waals surface area contributed by atoms with E-state index in [4.69, 9.17) is 0 Å². The molecule has 2 aromatic rings. The van der Waals surface area contributed by atoms with Gasteiger partial charge in [-0.3, -0.25) is 9.59 Å². The predicted molar refractivity (Wildman–Crippen MR) is 156 cm³/mol. The second-order valence-electron chi connectivity index (χ2n) is 8.13. The minimum atomic E-state index is -0.504. The summed E-state index contributed by atoms with van der Waals surface area (Å²) in [5.74, 6) is -0.639. The quantitative estimate of drug-likeness (QED) is 0.378. The summed E-state index contributed by atoms with van der Waals surface area (Å²) in [6, 6.07) is 5.01. The van der Waals surface area contributed by atoms with Crippen molar-refractivity contribution in [2.75, 3.05) is 34.4 Å². The molecular formula is C29H49FN4O4. The van der Waals surface area contributed by atoms with Crippen molar-refractivity contribution in [3.8, 4) is 5.75 Å². The van der Waals surface area contributed by atoms with Crippen LogP contribution in [-0.4, -0.2) is 55.3 Å². The maximum Gasteiger partial charge on any atom is 0.232 e. The number of aromatic nitrogens is 1. The Hall–Kier alpha value is -3.33. The Bertz CT molecular complexity index is 1020. The molecule has 0 saturated heterocycles. The summed E-state index contributed by atoms with van der Waals surface area (Å²) in [5.41, 5.74) is 2.00. The first kappa shape index (κ1) is 36.8. The zero-order valence-electron chi connectivity index (χ0n) is 24.9. The first-order valence-corrected chi connectivity index (χ1v) is 13.0. The fourth-order valence-electron chi connectivity index (χ4n) is 3.03. The molecule has 0 aliphatic heterocycles. The van der Waals surface area contributed by atoms with Crippen LogP contribution < -0.4 is 16.1 Å². The maximum atomic E-state index is 14.0. The Labute approximate surface area is 228 Å². The van der Waals surface area contributed by atoms with Gasteiger partial charge in [0.2, 0.25) is 11.8 Å². The predicted octanol–water partition coefficient (Wildman–Crippen LogP) is 4.80. The zero-order chi connectivity index (χ0) is 29.7. The molecule has 0 aliphatic carbocycles. The molecule has 0 radical (unpaired) electrons. The summed E-state index contributed by atoms with van der Waals surface area (Å²) in [6.07, 6.45) is 5.25. The third kappa shape index (κ3) is 12.8. The summed E-state index contributed by atoms with van der Waals surface area (Å²) in [5, 5.41) is 16.3. The van der Waals surface area contributed by atoms with Crippen LogP contribution in [0.15, 0.2) is 35.4 Å². The number of pyridine rings is 1. The van der Waals surface area contributed by atoms with Crippen molar-refractivity contribution in [3.63, 3.8) is 0 Å². The van der Waals surface area contributed by atoms with Gasteiger partial charge in [0.1, 0.15) is 5.82 Å². The van der Waals surface area contributed by atoms with Crippen LogP contribution in [0.5, 0.6) is 5.75 Å². The zero-order valence-corrected chi connectivity index (χ0v) is 24.9. The monoisotopic (exact) mass is 536 g/mol. The number of aromatic hydroxyl groups is 1. The van der Waals surface area contributed by atoms with Gasteiger partial charge in [-0.05, 0) is 32.4 Å². The molecule has 0 atom stereocenters. The summed E-state index contributed by atoms with van der Waals surface area (Å²) >= 11 is 0. The largest absolute Gasteiger partial charge is 0.503 e. The van der Waals surface area contributed by atoms with E-state index in [2.05, 4.69) is 29.2 Å². The summed E-state index contributed by atoms with van der Waals surface area (Å²) in [7, 11) is 4.91. The molecule has 0 aliphatic rings. The lowest BCUT2D eigenvalue weighted by Gasteiger charge is -2.19. The number of hydrogen-bond donors (Lipinski definition) is 3. The third-order valence-electron chi connectivity index (χ3n) is 5.01. The van der Waals surface area contributed by atoms with E-state index in [9.17, 15) is 19.1 Å². The molecule has 1 aromatic carbocycles. The molecule has 0 spiro atoms. The van der Waals surface area contributed by atoms with E-state index in [1.807, 2.05) is 33.8 Å². The van der Waals surface area contributed by atoms with Crippen molar-refractivity contribution in [3.05, 3.63) is 69.0 Å². The number of amides is 1. The minimum Gasteiger partial charge on any atom is -0.503 e. The van der Waals surface area contributed by atoms with Crippen LogP contribution >= 0.6 is 0 Å². The lowest BCUT2D eigenvalue weighted by molar-refractivity contribution is -0.118. The second-order valence-corrected chi connectivity index (χ2v) is 8.13. The number of likely N-dealkylation sites (N-methyl/N-ethyl adjacent to an activating group) is 1. The first-order valence-electron chi connectivity index (χ1n) is 13.0. The standard InChI is InChI=1S/C22H29FN4O3.C3H8.C2H6O.C2H6/c1-5-26(14-28)8-9-27-13-18(22(30)21(29)16(27)3)20(24-4)12-25-11-17-7-6-15(2)10-19(17)23;2*1-3-2;1-2/h6-7,10,12-14,24-25,29H,5,8-9,11H2,1-4H3;3H2,1-2H3;1-2H3;1-2H3/b20-12-;;;. The van der Waals surface area contributed by atoms with E-state index < -0.39 is 5.43 Å². The normalized spacial score (nSPS) is 10.0. The number of methoxy groups -OCH3 is 1. The molecule has 0 fully saturated rings. The molecule has 0 bridgehead atoms. The smallest absolute Gasteiger partial charge is 0.232 e. The molecule has 38 heavy (non-hydrogen) atoms. The number of rotatable bonds is 10. The fourth-order valence-corrected chi connectivity index (χ4v) is 3.03. The van der Waals surface area contributed by atoms with Gasteiger partial charge in [0, 0.05) is 65.4 Å². The Balaban J connectivity index is 0. The van der Waals surface area contributed by atoms with Crippen molar-refractivity contribution < 1.29 is 19.0 Å². The van der Waals surface area contributed by atoms with Gasteiger partial charge >= 0.3 is 0 Å². The van der Waals surface area contributed by atoms with E-state index in [-0.39, 0.29) is 23.7 Å². The number of aryl methyl sites for hydroxylation is 1. The number of nitrogens with zero attached hydrogens (tertiary/aromatic N) is 2. The summed E-state index contributed by atoms with van der Waals surface area (Å²) in [4.78, 5) is 25.2. The summed E-state index contributed by atoms with van der Waals surface area (Å²) in [6.45, 7) is 15.3. The SMILES string of the molecule is CC.CCC.CCN(C=O)CCn1cc(/C(=C/NCc2ccc(C)cc2F)NC)c(=O)c(O)c1C.COC. The van der Waals surface area contributed by atoms with Crippen LogP contribution in [0.25, 0.3) is 5.70 Å². The van der Waals surface area contributed by atoms with Crippen molar-refractivity contribution >= 4 is 12.1 Å². The van der Waals surface area contributed by atoms with Gasteiger partial charge in [-0.15, -0.1) is 0 Å². The molecule has 0 saturated carbocycles. The van der Waals surface area contributed by atoms with Gasteiger partial charge in [-0.25, -0.2) is 4.39 Å². The average Bonchev–Trinajstić information content (AvgIpc) is 2.90. The Morgan fingerprint density at radius 3 is 2.24 bits per heavy atom. The van der Waals surface area contributed by atoms with Crippen LogP contribution in [0.3, 0.4) is 0 Å². The van der Waals surface area contributed by atoms with Crippen molar-refractivity contribution in [1.29, 1.82) is 0 Å². The van der Waals surface area contributed by atoms with E-state index in [0.29, 0.717) is 36.6 Å². The van der Waals surface area contributed by atoms with Crippen LogP contribution in [-0.2, 0) is 22.6 Å². The summed E-state index contributed by atoms with van der Waals surface area (Å²) < 4.78 is 20.0. The van der Waals surface area contributed by atoms with Gasteiger partial charge in [-0.1, -0.05) is 46.2 Å². The lowest BCUT2D eigenvalue weighted by atomic mass is 10.1. The van der Waals surface area contributed by atoms with Gasteiger partial charge in [-0.2, -0.15) is 0 Å². The molecule has 9 heteroatoms. The number of carbonyl (C=O) groups is 1. The van der Waals surface area contributed by atoms with Gasteiger partial charge in [0.05, 0.1) is 17.0 Å². The molecule has 3 N–H and O–H groups in total. The highest BCUT2D eigenvalue weighted by Crippen LogP contribution is 2.16. The second kappa shape index (κ2) is 21.7. The number of hydrogen-bond acceptors (Lipinski definition) is 6. The van der Waals surface area contributed by atoms with Crippen molar-refractivity contribution in [1.82, 2.24) is 20.1 Å². The molecule has 0 unspecified atom stereocenters. The molecule has 1 heterocycles. The van der Waals surface area contributed by atoms with Crippen LogP contribution in [0.2, 0.25) is 0 Å². The molecule has 216 valence electrons. The van der Waals surface area contributed by atoms with Gasteiger partial charge in [0.25, 0.3) is 0 Å². The van der Waals surface area contributed by atoms with Gasteiger partial charge in [0.15, 0.2) is 5.75 Å². The molecule has 1 amide bonds. The van der Waals surface area contributed by atoms with E-state index in [1.54, 1.807) is 56.1 Å². The average molecular weight is 537 g/mol.